The van der Waals surface area contributed by atoms with Gasteiger partial charge < -0.3 is 5.32 Å². The van der Waals surface area contributed by atoms with Crippen molar-refractivity contribution in [1.29, 1.82) is 5.26 Å². The number of carbonyl (C=O) groups excluding carboxylic acids is 1. The van der Waals surface area contributed by atoms with Gasteiger partial charge in [-0.05, 0) is 42.7 Å². The molecule has 0 radical (unpaired) electrons. The van der Waals surface area contributed by atoms with Crippen LogP contribution in [0.2, 0.25) is 0 Å². The Morgan fingerprint density at radius 3 is 2.22 bits per heavy atom. The van der Waals surface area contributed by atoms with Gasteiger partial charge in [-0.15, -0.1) is 0 Å². The molecule has 2 aromatic rings. The predicted molar refractivity (Wildman–Crippen MR) is 115 cm³/mol. The monoisotopic (exact) mass is 552 g/mol. The number of alkyl halides is 6. The molecule has 2 N–H and O–H groups in total. The van der Waals surface area contributed by atoms with Crippen molar-refractivity contribution in [2.24, 2.45) is 0 Å². The smallest absolute Gasteiger partial charge is 0.336 e. The van der Waals surface area contributed by atoms with E-state index in [0.29, 0.717) is 6.07 Å². The van der Waals surface area contributed by atoms with Crippen LogP contribution in [0, 0.1) is 17.1 Å². The number of halogens is 7. The fraction of sp³-hybridized carbons (Fsp3) is 0.409. The molecule has 0 saturated heterocycles. The number of sulfone groups is 1. The molecule has 37 heavy (non-hydrogen) atoms. The Kier molecular flexibility index (Phi) is 7.85. The highest BCUT2D eigenvalue weighted by molar-refractivity contribution is 7.90. The average Bonchev–Trinajstić information content (AvgIpc) is 3.55. The van der Waals surface area contributed by atoms with Crippen molar-refractivity contribution in [2.45, 2.75) is 48.6 Å². The van der Waals surface area contributed by atoms with Gasteiger partial charge in [-0.25, -0.2) is 17.8 Å². The lowest BCUT2D eigenvalue weighted by atomic mass is 10.0. The maximum atomic E-state index is 13.9. The van der Waals surface area contributed by atoms with E-state index in [9.17, 15) is 49.2 Å². The summed E-state index contributed by atoms with van der Waals surface area (Å²) in [6.45, 7) is 0. The van der Waals surface area contributed by atoms with E-state index in [1.54, 1.807) is 6.07 Å². The van der Waals surface area contributed by atoms with Gasteiger partial charge in [0.1, 0.15) is 29.1 Å². The van der Waals surface area contributed by atoms with Gasteiger partial charge in [-0.3, -0.25) is 10.1 Å². The summed E-state index contributed by atoms with van der Waals surface area (Å²) >= 11 is 0. The highest BCUT2D eigenvalue weighted by atomic mass is 32.2. The molecule has 0 bridgehead atoms. The van der Waals surface area contributed by atoms with Crippen molar-refractivity contribution >= 4 is 15.7 Å². The maximum absolute atomic E-state index is 13.9. The molecule has 0 spiro atoms. The van der Waals surface area contributed by atoms with Crippen LogP contribution in [0.4, 0.5) is 30.7 Å². The summed E-state index contributed by atoms with van der Waals surface area (Å²) in [6, 6.07) is 2.72. The van der Waals surface area contributed by atoms with E-state index >= 15 is 0 Å². The van der Waals surface area contributed by atoms with Gasteiger partial charge in [0, 0.05) is 0 Å². The third-order valence-electron chi connectivity index (χ3n) is 5.43. The second kappa shape index (κ2) is 10.3. The summed E-state index contributed by atoms with van der Waals surface area (Å²) in [5.74, 6) is -4.42. The van der Waals surface area contributed by atoms with Crippen LogP contribution in [0.25, 0.3) is 0 Å². The Morgan fingerprint density at radius 2 is 1.70 bits per heavy atom. The lowest BCUT2D eigenvalue weighted by Gasteiger charge is -2.28. The molecular formula is C22H19F7N4O3S. The van der Waals surface area contributed by atoms with Crippen molar-refractivity contribution in [2.75, 3.05) is 5.75 Å². The van der Waals surface area contributed by atoms with Crippen LogP contribution < -0.4 is 10.6 Å². The van der Waals surface area contributed by atoms with E-state index in [1.807, 2.05) is 5.32 Å². The van der Waals surface area contributed by atoms with Crippen LogP contribution in [-0.4, -0.2) is 42.8 Å². The quantitative estimate of drug-likeness (QED) is 0.460. The van der Waals surface area contributed by atoms with Crippen LogP contribution in [-0.2, 0) is 26.6 Å². The molecule has 1 aromatic heterocycles. The highest BCUT2D eigenvalue weighted by Gasteiger charge is 2.48. The molecule has 2 atom stereocenters. The molecule has 3 rings (SSSR count). The standard InChI is InChI=1S/C22H19F7N4O3S/c23-14-6-4-13(5-7-14)18(22(27,28)29)32-16(19(34)33-20(12-30)8-9-20)11-37(35,36)10-15-2-1-3-17(31-15)21(24,25)26/h1-7,16,18,32H,8-11H2,(H,33,34)/t16?,18-/m1/s1. The second-order valence-corrected chi connectivity index (χ2v) is 10.6. The van der Waals surface area contributed by atoms with Crippen molar-refractivity contribution in [3.63, 3.8) is 0 Å². The molecule has 1 aromatic carbocycles. The summed E-state index contributed by atoms with van der Waals surface area (Å²) in [5.41, 5.74) is -3.78. The topological polar surface area (TPSA) is 112 Å². The molecule has 1 heterocycles. The van der Waals surface area contributed by atoms with E-state index in [0.717, 1.165) is 36.4 Å². The van der Waals surface area contributed by atoms with Gasteiger partial charge in [0.2, 0.25) is 5.91 Å². The lowest BCUT2D eigenvalue weighted by molar-refractivity contribution is -0.160. The first-order valence-corrected chi connectivity index (χ1v) is 12.4. The molecule has 1 aliphatic carbocycles. The molecule has 1 saturated carbocycles. The zero-order valence-electron chi connectivity index (χ0n) is 18.7. The fourth-order valence-electron chi connectivity index (χ4n) is 3.40. The molecule has 200 valence electrons. The molecule has 1 amide bonds. The molecule has 1 fully saturated rings. The number of rotatable bonds is 9. The fourth-order valence-corrected chi connectivity index (χ4v) is 4.89. The van der Waals surface area contributed by atoms with Gasteiger partial charge >= 0.3 is 12.4 Å². The van der Waals surface area contributed by atoms with Gasteiger partial charge in [0.05, 0.1) is 23.3 Å². The van der Waals surface area contributed by atoms with Crippen LogP contribution in [0.5, 0.6) is 0 Å². The summed E-state index contributed by atoms with van der Waals surface area (Å²) in [5, 5.41) is 13.4. The van der Waals surface area contributed by atoms with Gasteiger partial charge in [0.15, 0.2) is 9.84 Å². The van der Waals surface area contributed by atoms with E-state index < -0.39 is 80.0 Å². The van der Waals surface area contributed by atoms with Gasteiger partial charge in [0.25, 0.3) is 0 Å². The van der Waals surface area contributed by atoms with Crippen LogP contribution >= 0.6 is 0 Å². The number of hydrogen-bond acceptors (Lipinski definition) is 6. The van der Waals surface area contributed by atoms with Crippen LogP contribution in [0.15, 0.2) is 42.5 Å². The maximum Gasteiger partial charge on any atom is 0.433 e. The second-order valence-electron chi connectivity index (χ2n) is 8.50. The summed E-state index contributed by atoms with van der Waals surface area (Å²) < 4.78 is 119. The van der Waals surface area contributed by atoms with Gasteiger partial charge in [-0.2, -0.15) is 31.6 Å². The number of nitrogens with zero attached hydrogens (tertiary/aromatic N) is 2. The summed E-state index contributed by atoms with van der Waals surface area (Å²) in [4.78, 5) is 16.1. The minimum Gasteiger partial charge on any atom is -0.336 e. The number of amides is 1. The molecule has 1 unspecified atom stereocenters. The van der Waals surface area contributed by atoms with E-state index in [4.69, 9.17) is 0 Å². The van der Waals surface area contributed by atoms with Crippen molar-refractivity contribution in [3.8, 4) is 6.07 Å². The number of pyridine rings is 1. The predicted octanol–water partition coefficient (Wildman–Crippen LogP) is 3.59. The minimum atomic E-state index is -5.06. The van der Waals surface area contributed by atoms with Crippen molar-refractivity contribution < 1.29 is 43.9 Å². The van der Waals surface area contributed by atoms with Gasteiger partial charge in [-0.1, -0.05) is 18.2 Å². The van der Waals surface area contributed by atoms with E-state index in [2.05, 4.69) is 10.3 Å². The Balaban J connectivity index is 1.90. The molecule has 0 aliphatic heterocycles. The van der Waals surface area contributed by atoms with Crippen LogP contribution in [0.3, 0.4) is 0 Å². The third kappa shape index (κ3) is 7.62. The molecule has 1 aliphatic rings. The largest absolute Gasteiger partial charge is 0.433 e. The first-order valence-electron chi connectivity index (χ1n) is 10.6. The zero-order chi connectivity index (χ0) is 27.6. The summed E-state index contributed by atoms with van der Waals surface area (Å²) in [7, 11) is -4.53. The zero-order valence-corrected chi connectivity index (χ0v) is 19.5. The Hall–Kier alpha value is -3.25. The summed E-state index contributed by atoms with van der Waals surface area (Å²) in [6.07, 6.45) is -9.53. The Morgan fingerprint density at radius 1 is 1.08 bits per heavy atom. The number of nitriles is 1. The first-order chi connectivity index (χ1) is 17.0. The van der Waals surface area contributed by atoms with E-state index in [1.165, 1.54) is 0 Å². The van der Waals surface area contributed by atoms with Crippen LogP contribution in [0.1, 0.15) is 35.8 Å². The molecule has 15 heteroatoms. The third-order valence-corrected chi connectivity index (χ3v) is 7.00. The number of benzene rings is 1. The lowest BCUT2D eigenvalue weighted by Crippen LogP contribution is -2.54. The normalized spacial score (nSPS) is 16.9. The minimum absolute atomic E-state index is 0.198. The molecular weight excluding hydrogens is 533 g/mol. The SMILES string of the molecule is N#CC1(NC(=O)C(CS(=O)(=O)Cc2cccc(C(F)(F)F)n2)N[C@H](c2ccc(F)cc2)C(F)(F)F)CC1. The highest BCUT2D eigenvalue weighted by Crippen LogP contribution is 2.36. The van der Waals surface area contributed by atoms with Crippen molar-refractivity contribution in [3.05, 3.63) is 65.2 Å². The Bertz CT molecular complexity index is 1290. The number of carbonyl (C=O) groups is 1. The number of hydrogen-bond donors (Lipinski definition) is 2. The Labute approximate surface area is 206 Å². The first kappa shape index (κ1) is 28.3. The molecule has 7 nitrogen and oxygen atoms in total. The average molecular weight is 552 g/mol. The van der Waals surface area contributed by atoms with E-state index in [-0.39, 0.29) is 12.8 Å². The number of nitrogens with one attached hydrogen (secondary N) is 2. The number of aromatic nitrogens is 1. The van der Waals surface area contributed by atoms with Crippen molar-refractivity contribution in [1.82, 2.24) is 15.6 Å².